The van der Waals surface area contributed by atoms with E-state index < -0.39 is 42.7 Å². The molecule has 6 aliphatic rings. The number of hydrogen-bond donors (Lipinski definition) is 5. The zero-order valence-corrected chi connectivity index (χ0v) is 27.8. The molecule has 6 rings (SSSR count). The Morgan fingerprint density at radius 2 is 1.51 bits per heavy atom. The van der Waals surface area contributed by atoms with Crippen LogP contribution in [0.15, 0.2) is 11.6 Å². The highest BCUT2D eigenvalue weighted by atomic mass is 16.7. The first-order valence-corrected chi connectivity index (χ1v) is 17.3. The fourth-order valence-electron chi connectivity index (χ4n) is 12.1. The number of hydrogen-bond acceptors (Lipinski definition) is 7. The molecule has 7 nitrogen and oxygen atoms in total. The molecule has 5 fully saturated rings. The van der Waals surface area contributed by atoms with Gasteiger partial charge in [0.1, 0.15) is 24.4 Å². The Hall–Kier alpha value is -0.540. The van der Waals surface area contributed by atoms with Gasteiger partial charge < -0.3 is 35.0 Å². The minimum absolute atomic E-state index is 0.0251. The van der Waals surface area contributed by atoms with E-state index in [9.17, 15) is 25.5 Å². The first kappa shape index (κ1) is 32.4. The fraction of sp³-hybridized carbons (Fsp3) is 0.944. The van der Waals surface area contributed by atoms with Crippen molar-refractivity contribution in [1.29, 1.82) is 0 Å². The van der Waals surface area contributed by atoms with Crippen molar-refractivity contribution in [1.82, 2.24) is 0 Å². The molecule has 0 unspecified atom stereocenters. The van der Waals surface area contributed by atoms with Gasteiger partial charge in [-0.3, -0.25) is 0 Å². The van der Waals surface area contributed by atoms with E-state index in [0.717, 1.165) is 25.7 Å². The molecule has 1 heterocycles. The van der Waals surface area contributed by atoms with E-state index in [2.05, 4.69) is 54.5 Å². The van der Waals surface area contributed by atoms with E-state index in [-0.39, 0.29) is 34.9 Å². The molecule has 0 radical (unpaired) electrons. The van der Waals surface area contributed by atoms with E-state index in [1.807, 2.05) is 0 Å². The molecule has 1 saturated heterocycles. The smallest absolute Gasteiger partial charge is 0.186 e. The van der Waals surface area contributed by atoms with Gasteiger partial charge in [0, 0.05) is 5.41 Å². The molecule has 43 heavy (non-hydrogen) atoms. The zero-order chi connectivity index (χ0) is 31.4. The lowest BCUT2D eigenvalue weighted by Crippen LogP contribution is -2.66. The summed E-state index contributed by atoms with van der Waals surface area (Å²) in [5.74, 6) is 1.41. The van der Waals surface area contributed by atoms with E-state index in [1.54, 1.807) is 5.57 Å². The van der Waals surface area contributed by atoms with Crippen LogP contribution in [-0.2, 0) is 9.47 Å². The highest BCUT2D eigenvalue weighted by molar-refractivity contribution is 5.33. The van der Waals surface area contributed by atoms with Crippen molar-refractivity contribution in [3.05, 3.63) is 11.6 Å². The maximum atomic E-state index is 11.0. The molecule has 5 aliphatic carbocycles. The predicted molar refractivity (Wildman–Crippen MR) is 165 cm³/mol. The number of aliphatic hydroxyl groups is 5. The van der Waals surface area contributed by atoms with Crippen LogP contribution >= 0.6 is 0 Å². The molecule has 1 aliphatic heterocycles. The minimum Gasteiger partial charge on any atom is -0.396 e. The topological polar surface area (TPSA) is 120 Å². The molecular weight excluding hydrogens is 544 g/mol. The van der Waals surface area contributed by atoms with Crippen LogP contribution in [0.2, 0.25) is 0 Å². The summed E-state index contributed by atoms with van der Waals surface area (Å²) in [6, 6.07) is 0. The molecule has 0 aromatic carbocycles. The van der Waals surface area contributed by atoms with Gasteiger partial charge in [0.25, 0.3) is 0 Å². The Kier molecular flexibility index (Phi) is 7.90. The number of allylic oxidation sites excluding steroid dienone is 2. The van der Waals surface area contributed by atoms with Crippen LogP contribution in [0.3, 0.4) is 0 Å². The first-order chi connectivity index (χ1) is 20.0. The third-order valence-corrected chi connectivity index (χ3v) is 15.3. The average molecular weight is 605 g/mol. The maximum absolute atomic E-state index is 11.0. The van der Waals surface area contributed by atoms with E-state index in [4.69, 9.17) is 9.47 Å². The Morgan fingerprint density at radius 1 is 0.814 bits per heavy atom. The van der Waals surface area contributed by atoms with Crippen LogP contribution in [0.4, 0.5) is 0 Å². The van der Waals surface area contributed by atoms with Gasteiger partial charge >= 0.3 is 0 Å². The summed E-state index contributed by atoms with van der Waals surface area (Å²) < 4.78 is 12.2. The summed E-state index contributed by atoms with van der Waals surface area (Å²) in [4.78, 5) is 0. The molecule has 0 bridgehead atoms. The maximum Gasteiger partial charge on any atom is 0.186 e. The first-order valence-electron chi connectivity index (χ1n) is 17.3. The summed E-state index contributed by atoms with van der Waals surface area (Å²) in [7, 11) is 0. The second kappa shape index (κ2) is 10.5. The predicted octanol–water partition coefficient (Wildman–Crippen LogP) is 4.97. The zero-order valence-electron chi connectivity index (χ0n) is 27.8. The third-order valence-electron chi connectivity index (χ3n) is 15.3. The summed E-state index contributed by atoms with van der Waals surface area (Å²) in [5, 5.41) is 52.1. The highest BCUT2D eigenvalue weighted by Crippen LogP contribution is 2.75. The van der Waals surface area contributed by atoms with Crippen molar-refractivity contribution in [3.63, 3.8) is 0 Å². The normalized spacial score (nSPS) is 56.2. The molecule has 4 saturated carbocycles. The molecule has 14 atom stereocenters. The summed E-state index contributed by atoms with van der Waals surface area (Å²) in [6.07, 6.45) is 7.25. The second-order valence-corrected chi connectivity index (χ2v) is 17.9. The number of ether oxygens (including phenoxy) is 2. The summed E-state index contributed by atoms with van der Waals surface area (Å²) in [5.41, 5.74) is 2.41. The van der Waals surface area contributed by atoms with Crippen molar-refractivity contribution >= 4 is 0 Å². The fourth-order valence-corrected chi connectivity index (χ4v) is 12.1. The standard InChI is InChI=1S/C36H60O7/c1-31(2)14-15-32(3)16-17-35(6)21(22(32)18-31)8-9-25-33(4)12-11-26(34(5,20-38)24(33)10-13-36(25,35)7)43-30-29(41)28(40)27(39)23(19-37)42-30/h8,22-30,37-41H,9-20H2,1-7H3/t22-,23+,24+,25+,26-,27+,28-,29+,30-,32+,33-,34+,35+,36+/m0/s1. The monoisotopic (exact) mass is 604 g/mol. The van der Waals surface area contributed by atoms with Gasteiger partial charge in [-0.25, -0.2) is 0 Å². The van der Waals surface area contributed by atoms with Gasteiger partial charge in [-0.1, -0.05) is 60.1 Å². The largest absolute Gasteiger partial charge is 0.396 e. The van der Waals surface area contributed by atoms with Crippen LogP contribution in [0.5, 0.6) is 0 Å². The minimum atomic E-state index is -1.48. The summed E-state index contributed by atoms with van der Waals surface area (Å²) >= 11 is 0. The van der Waals surface area contributed by atoms with Gasteiger partial charge in [0.2, 0.25) is 0 Å². The Bertz CT molecular complexity index is 1110. The van der Waals surface area contributed by atoms with Crippen molar-refractivity contribution in [3.8, 4) is 0 Å². The lowest BCUT2D eigenvalue weighted by atomic mass is 9.33. The van der Waals surface area contributed by atoms with Crippen molar-refractivity contribution in [2.24, 2.45) is 50.2 Å². The lowest BCUT2D eigenvalue weighted by Gasteiger charge is -2.71. The number of aliphatic hydroxyl groups excluding tert-OH is 5. The molecule has 0 aromatic heterocycles. The van der Waals surface area contributed by atoms with Crippen LogP contribution in [0.25, 0.3) is 0 Å². The van der Waals surface area contributed by atoms with Gasteiger partial charge in [0.05, 0.1) is 19.3 Å². The number of rotatable bonds is 4. The molecule has 7 heteroatoms. The van der Waals surface area contributed by atoms with Crippen molar-refractivity contribution < 1.29 is 35.0 Å². The molecule has 0 amide bonds. The SMILES string of the molecule is CC1(C)CC[C@]2(C)CC[C@]3(C)C(=CC[C@@H]4[C@@]5(C)CC[C@H](O[C@@H]6O[C@H](CO)[C@@H](O)[C@H](O)[C@H]6O)[C@](C)(CO)[C@@H]5CC[C@]43C)[C@@H]2C1. The van der Waals surface area contributed by atoms with Gasteiger partial charge in [-0.15, -0.1) is 0 Å². The molecule has 0 aromatic rings. The molecule has 0 spiro atoms. The van der Waals surface area contributed by atoms with Crippen LogP contribution < -0.4 is 0 Å². The Labute approximate surface area is 259 Å². The average Bonchev–Trinajstić information content (AvgIpc) is 2.95. The van der Waals surface area contributed by atoms with Crippen LogP contribution in [-0.4, -0.2) is 75.6 Å². The molecule has 246 valence electrons. The second-order valence-electron chi connectivity index (χ2n) is 17.9. The van der Waals surface area contributed by atoms with Crippen molar-refractivity contribution in [2.75, 3.05) is 13.2 Å². The highest BCUT2D eigenvalue weighted by Gasteiger charge is 2.68. The Morgan fingerprint density at radius 3 is 2.19 bits per heavy atom. The van der Waals surface area contributed by atoms with E-state index >= 15 is 0 Å². The third kappa shape index (κ3) is 4.52. The quantitative estimate of drug-likeness (QED) is 0.227. The van der Waals surface area contributed by atoms with E-state index in [1.165, 1.54) is 32.1 Å². The van der Waals surface area contributed by atoms with Crippen LogP contribution in [0, 0.1) is 50.2 Å². The molecular formula is C36H60O7. The van der Waals surface area contributed by atoms with Crippen LogP contribution in [0.1, 0.15) is 113 Å². The lowest BCUT2D eigenvalue weighted by molar-refractivity contribution is -0.333. The van der Waals surface area contributed by atoms with Gasteiger partial charge in [-0.2, -0.15) is 0 Å². The molecule has 5 N–H and O–H groups in total. The summed E-state index contributed by atoms with van der Waals surface area (Å²) in [6.45, 7) is 16.8. The van der Waals surface area contributed by atoms with E-state index in [0.29, 0.717) is 29.1 Å². The number of fused-ring (bicyclic) bond motifs is 7. The van der Waals surface area contributed by atoms with Crippen molar-refractivity contribution in [2.45, 2.75) is 149 Å². The van der Waals surface area contributed by atoms with Gasteiger partial charge in [-0.05, 0) is 109 Å². The Balaban J connectivity index is 1.29. The van der Waals surface area contributed by atoms with Gasteiger partial charge in [0.15, 0.2) is 6.29 Å².